The first-order chi connectivity index (χ1) is 11.0. The van der Waals surface area contributed by atoms with Crippen LogP contribution in [0.15, 0.2) is 18.2 Å². The lowest BCUT2D eigenvalue weighted by Crippen LogP contribution is -2.46. The number of carbonyl (C=O) groups is 1. The fourth-order valence-corrected chi connectivity index (χ4v) is 3.60. The van der Waals surface area contributed by atoms with Crippen LogP contribution in [0.3, 0.4) is 0 Å². The predicted octanol–water partition coefficient (Wildman–Crippen LogP) is 4.12. The number of likely N-dealkylation sites (tertiary alicyclic amines) is 1. The minimum atomic E-state index is 0.184. The number of nitrogens with zero attached hydrogens (tertiary/aromatic N) is 1. The minimum absolute atomic E-state index is 0.184. The van der Waals surface area contributed by atoms with Gasteiger partial charge >= 0.3 is 0 Å². The molecule has 2 aliphatic rings. The van der Waals surface area contributed by atoms with Gasteiger partial charge in [-0.2, -0.15) is 0 Å². The molecule has 0 bridgehead atoms. The molecule has 1 saturated carbocycles. The van der Waals surface area contributed by atoms with Crippen LogP contribution in [0.1, 0.15) is 38.2 Å². The van der Waals surface area contributed by atoms with Crippen molar-refractivity contribution in [2.75, 3.05) is 13.1 Å². The van der Waals surface area contributed by atoms with Gasteiger partial charge in [0, 0.05) is 31.6 Å². The number of carbonyl (C=O) groups excluding carboxylic acids is 1. The molecule has 1 aromatic carbocycles. The van der Waals surface area contributed by atoms with Crippen LogP contribution >= 0.6 is 23.2 Å². The predicted molar refractivity (Wildman–Crippen MR) is 94.8 cm³/mol. The highest BCUT2D eigenvalue weighted by Crippen LogP contribution is 2.36. The third-order valence-electron chi connectivity index (χ3n) is 5.07. The topological polar surface area (TPSA) is 32.3 Å². The van der Waals surface area contributed by atoms with Crippen LogP contribution in [0.4, 0.5) is 0 Å². The van der Waals surface area contributed by atoms with Gasteiger partial charge in [0.05, 0.1) is 10.0 Å². The quantitative estimate of drug-likeness (QED) is 0.862. The van der Waals surface area contributed by atoms with Crippen molar-refractivity contribution in [3.8, 4) is 0 Å². The van der Waals surface area contributed by atoms with Gasteiger partial charge in [0.2, 0.25) is 5.91 Å². The van der Waals surface area contributed by atoms with Crippen molar-refractivity contribution in [3.05, 3.63) is 33.8 Å². The zero-order valence-electron chi connectivity index (χ0n) is 13.5. The molecule has 0 aromatic heterocycles. The molecule has 1 N–H and O–H groups in total. The SMILES string of the molecule is CC(C(=O)NC1CCN(Cc2ccc(Cl)c(Cl)c2)CC1)C1CC1. The Hall–Kier alpha value is -0.770. The number of hydrogen-bond donors (Lipinski definition) is 1. The lowest BCUT2D eigenvalue weighted by atomic mass is 10.0. The van der Waals surface area contributed by atoms with E-state index in [2.05, 4.69) is 17.1 Å². The summed E-state index contributed by atoms with van der Waals surface area (Å²) in [5.74, 6) is 1.06. The third-order valence-corrected chi connectivity index (χ3v) is 5.81. The van der Waals surface area contributed by atoms with E-state index in [4.69, 9.17) is 23.2 Å². The second kappa shape index (κ2) is 7.42. The van der Waals surface area contributed by atoms with E-state index in [9.17, 15) is 4.79 Å². The summed E-state index contributed by atoms with van der Waals surface area (Å²) in [7, 11) is 0. The molecule has 23 heavy (non-hydrogen) atoms. The zero-order valence-corrected chi connectivity index (χ0v) is 15.0. The molecule has 1 aliphatic heterocycles. The Labute approximate surface area is 148 Å². The molecule has 1 aliphatic carbocycles. The summed E-state index contributed by atoms with van der Waals surface area (Å²) in [6.07, 6.45) is 4.47. The first kappa shape index (κ1) is 17.1. The monoisotopic (exact) mass is 354 g/mol. The van der Waals surface area contributed by atoms with Crippen molar-refractivity contribution in [3.63, 3.8) is 0 Å². The van der Waals surface area contributed by atoms with E-state index in [1.807, 2.05) is 18.2 Å². The fourth-order valence-electron chi connectivity index (χ4n) is 3.27. The van der Waals surface area contributed by atoms with Crippen LogP contribution in [0, 0.1) is 11.8 Å². The molecule has 1 aromatic rings. The second-order valence-electron chi connectivity index (χ2n) is 6.93. The maximum Gasteiger partial charge on any atom is 0.223 e. The molecule has 5 heteroatoms. The standard InChI is InChI=1S/C18H24Cl2N2O/c1-12(14-3-4-14)18(23)21-15-6-8-22(9-7-15)11-13-2-5-16(19)17(20)10-13/h2,5,10,12,14-15H,3-4,6-9,11H2,1H3,(H,21,23). The maximum atomic E-state index is 12.2. The molecule has 1 heterocycles. The Balaban J connectivity index is 1.44. The Morgan fingerprint density at radius 3 is 2.52 bits per heavy atom. The molecule has 1 atom stereocenters. The highest BCUT2D eigenvalue weighted by molar-refractivity contribution is 6.42. The van der Waals surface area contributed by atoms with Crippen LogP contribution in [0.5, 0.6) is 0 Å². The molecular formula is C18H24Cl2N2O. The summed E-state index contributed by atoms with van der Waals surface area (Å²) in [4.78, 5) is 14.6. The average molecular weight is 355 g/mol. The van der Waals surface area contributed by atoms with Gasteiger partial charge in [-0.25, -0.2) is 0 Å². The van der Waals surface area contributed by atoms with Gasteiger partial charge in [-0.1, -0.05) is 36.2 Å². The van der Waals surface area contributed by atoms with E-state index in [1.54, 1.807) is 0 Å². The summed E-state index contributed by atoms with van der Waals surface area (Å²) < 4.78 is 0. The van der Waals surface area contributed by atoms with Gasteiger partial charge in [-0.3, -0.25) is 9.69 Å². The minimum Gasteiger partial charge on any atom is -0.353 e. The molecule has 1 amide bonds. The van der Waals surface area contributed by atoms with Crippen molar-refractivity contribution in [1.29, 1.82) is 0 Å². The lowest BCUT2D eigenvalue weighted by Gasteiger charge is -2.33. The Morgan fingerprint density at radius 2 is 1.91 bits per heavy atom. The van der Waals surface area contributed by atoms with Crippen LogP contribution in [0.25, 0.3) is 0 Å². The molecule has 1 unspecified atom stereocenters. The fraction of sp³-hybridized carbons (Fsp3) is 0.611. The van der Waals surface area contributed by atoms with E-state index in [-0.39, 0.29) is 11.8 Å². The summed E-state index contributed by atoms with van der Waals surface area (Å²) in [6.45, 7) is 4.95. The zero-order chi connectivity index (χ0) is 16.4. The van der Waals surface area contributed by atoms with E-state index < -0.39 is 0 Å². The Morgan fingerprint density at radius 1 is 1.22 bits per heavy atom. The van der Waals surface area contributed by atoms with E-state index in [0.29, 0.717) is 22.0 Å². The highest BCUT2D eigenvalue weighted by atomic mass is 35.5. The molecule has 0 spiro atoms. The van der Waals surface area contributed by atoms with E-state index in [0.717, 1.165) is 32.5 Å². The van der Waals surface area contributed by atoms with E-state index >= 15 is 0 Å². The van der Waals surface area contributed by atoms with Gasteiger partial charge in [0.15, 0.2) is 0 Å². The Kier molecular flexibility index (Phi) is 5.50. The maximum absolute atomic E-state index is 12.2. The lowest BCUT2D eigenvalue weighted by molar-refractivity contribution is -0.126. The van der Waals surface area contributed by atoms with Crippen LogP contribution in [-0.4, -0.2) is 29.9 Å². The van der Waals surface area contributed by atoms with E-state index in [1.165, 1.54) is 18.4 Å². The van der Waals surface area contributed by atoms with Crippen molar-refractivity contribution in [1.82, 2.24) is 10.2 Å². The van der Waals surface area contributed by atoms with Crippen LogP contribution in [0.2, 0.25) is 10.0 Å². The van der Waals surface area contributed by atoms with Crippen molar-refractivity contribution in [2.45, 2.75) is 45.2 Å². The van der Waals surface area contributed by atoms with Gasteiger partial charge in [-0.05, 0) is 49.3 Å². The molecule has 3 nitrogen and oxygen atoms in total. The number of halogens is 2. The van der Waals surface area contributed by atoms with Crippen LogP contribution in [-0.2, 0) is 11.3 Å². The highest BCUT2D eigenvalue weighted by Gasteiger charge is 2.33. The molecule has 2 fully saturated rings. The summed E-state index contributed by atoms with van der Waals surface area (Å²) >= 11 is 12.0. The summed E-state index contributed by atoms with van der Waals surface area (Å²) in [5, 5.41) is 4.45. The average Bonchev–Trinajstić information content (AvgIpc) is 3.37. The van der Waals surface area contributed by atoms with Crippen LogP contribution < -0.4 is 5.32 Å². The number of amides is 1. The molecule has 1 saturated heterocycles. The molecule has 126 valence electrons. The van der Waals surface area contributed by atoms with Crippen molar-refractivity contribution in [2.24, 2.45) is 11.8 Å². The first-order valence-corrected chi connectivity index (χ1v) is 9.25. The number of nitrogens with one attached hydrogen (secondary N) is 1. The van der Waals surface area contributed by atoms with Gasteiger partial charge in [0.1, 0.15) is 0 Å². The molecule has 3 rings (SSSR count). The smallest absolute Gasteiger partial charge is 0.223 e. The number of hydrogen-bond acceptors (Lipinski definition) is 2. The van der Waals surface area contributed by atoms with Gasteiger partial charge in [0.25, 0.3) is 0 Å². The van der Waals surface area contributed by atoms with Gasteiger partial charge < -0.3 is 5.32 Å². The second-order valence-corrected chi connectivity index (χ2v) is 7.75. The summed E-state index contributed by atoms with van der Waals surface area (Å²) in [5.41, 5.74) is 1.18. The third kappa shape index (κ3) is 4.62. The first-order valence-electron chi connectivity index (χ1n) is 8.49. The van der Waals surface area contributed by atoms with Gasteiger partial charge in [-0.15, -0.1) is 0 Å². The molecular weight excluding hydrogens is 331 g/mol. The van der Waals surface area contributed by atoms with Crippen molar-refractivity contribution >= 4 is 29.1 Å². The number of benzene rings is 1. The largest absolute Gasteiger partial charge is 0.353 e. The summed E-state index contributed by atoms with van der Waals surface area (Å²) in [6, 6.07) is 6.15. The number of rotatable bonds is 5. The molecule has 0 radical (unpaired) electrons. The normalized spacial score (nSPS) is 21.2. The number of piperidine rings is 1. The van der Waals surface area contributed by atoms with Crippen molar-refractivity contribution < 1.29 is 4.79 Å². The Bertz CT molecular complexity index is 566.